The largest absolute Gasteiger partial charge is 0.146 e. The molecule has 1 unspecified atom stereocenters. The molecule has 1 fully saturated rings. The zero-order valence-electron chi connectivity index (χ0n) is 9.42. The van der Waals surface area contributed by atoms with Crippen LogP contribution >= 0.6 is 38.9 Å². The molecule has 0 aliphatic heterocycles. The number of hydrogen-bond acceptors (Lipinski definition) is 1. The van der Waals surface area contributed by atoms with Crippen LogP contribution in [0, 0.1) is 5.92 Å². The van der Waals surface area contributed by atoms with Crippen molar-refractivity contribution >= 4 is 38.9 Å². The highest BCUT2D eigenvalue weighted by Gasteiger charge is 2.17. The van der Waals surface area contributed by atoms with Crippen LogP contribution in [0.2, 0.25) is 0 Å². The quantitative estimate of drug-likeness (QED) is 0.583. The second kappa shape index (κ2) is 6.42. The Morgan fingerprint density at radius 1 is 1.38 bits per heavy atom. The molecule has 0 spiro atoms. The van der Waals surface area contributed by atoms with Crippen molar-refractivity contribution in [2.45, 2.75) is 50.3 Å². The minimum Gasteiger partial charge on any atom is -0.146 e. The molecule has 0 radical (unpaired) electrons. The molecule has 16 heavy (non-hydrogen) atoms. The van der Waals surface area contributed by atoms with Crippen LogP contribution in [0.5, 0.6) is 0 Å². The zero-order valence-corrected chi connectivity index (χ0v) is 12.6. The second-order valence-corrected chi connectivity index (χ2v) is 7.01. The minimum atomic E-state index is 0.205. The fourth-order valence-corrected chi connectivity index (χ4v) is 4.71. The zero-order chi connectivity index (χ0) is 11.4. The molecule has 0 aromatic carbocycles. The number of thiophene rings is 1. The molecule has 1 aliphatic rings. The van der Waals surface area contributed by atoms with Gasteiger partial charge in [0.15, 0.2) is 0 Å². The molecular formula is C13H18BrClS. The Balaban J connectivity index is 1.79. The summed E-state index contributed by atoms with van der Waals surface area (Å²) in [5.74, 6) is 0.939. The van der Waals surface area contributed by atoms with Crippen molar-refractivity contribution in [1.82, 2.24) is 0 Å². The summed E-state index contributed by atoms with van der Waals surface area (Å²) in [6.07, 6.45) is 9.59. The second-order valence-electron chi connectivity index (χ2n) is 4.68. The minimum absolute atomic E-state index is 0.205. The molecule has 1 aromatic heterocycles. The molecule has 0 saturated heterocycles. The predicted molar refractivity (Wildman–Crippen MR) is 76.4 cm³/mol. The van der Waals surface area contributed by atoms with Crippen molar-refractivity contribution in [3.8, 4) is 0 Å². The molecule has 0 bridgehead atoms. The molecule has 3 heteroatoms. The van der Waals surface area contributed by atoms with Crippen molar-refractivity contribution in [3.63, 3.8) is 0 Å². The van der Waals surface area contributed by atoms with Crippen molar-refractivity contribution in [2.24, 2.45) is 5.92 Å². The molecule has 0 N–H and O–H groups in total. The summed E-state index contributed by atoms with van der Waals surface area (Å²) < 4.78 is 1.18. The molecule has 2 rings (SSSR count). The van der Waals surface area contributed by atoms with E-state index in [-0.39, 0.29) is 5.38 Å². The SMILES string of the molecule is ClC(CCC1CCCCC1)c1sccc1Br. The fourth-order valence-electron chi connectivity index (χ4n) is 2.52. The van der Waals surface area contributed by atoms with Crippen LogP contribution in [-0.4, -0.2) is 0 Å². The molecule has 1 aliphatic carbocycles. The maximum atomic E-state index is 6.45. The molecule has 1 aromatic rings. The van der Waals surface area contributed by atoms with E-state index in [4.69, 9.17) is 11.6 Å². The summed E-state index contributed by atoms with van der Waals surface area (Å²) in [6.45, 7) is 0. The van der Waals surface area contributed by atoms with Gasteiger partial charge in [-0.05, 0) is 46.1 Å². The van der Waals surface area contributed by atoms with E-state index in [1.165, 1.54) is 47.9 Å². The number of rotatable bonds is 4. The van der Waals surface area contributed by atoms with Gasteiger partial charge in [-0.3, -0.25) is 0 Å². The summed E-state index contributed by atoms with van der Waals surface area (Å²) >= 11 is 11.8. The average molecular weight is 322 g/mol. The molecule has 0 nitrogen and oxygen atoms in total. The highest BCUT2D eigenvalue weighted by molar-refractivity contribution is 9.10. The van der Waals surface area contributed by atoms with E-state index in [2.05, 4.69) is 27.4 Å². The number of hydrogen-bond donors (Lipinski definition) is 0. The molecular weight excluding hydrogens is 304 g/mol. The fraction of sp³-hybridized carbons (Fsp3) is 0.692. The van der Waals surface area contributed by atoms with Crippen LogP contribution in [0.15, 0.2) is 15.9 Å². The third kappa shape index (κ3) is 3.48. The van der Waals surface area contributed by atoms with Crippen molar-refractivity contribution in [1.29, 1.82) is 0 Å². The lowest BCUT2D eigenvalue weighted by molar-refractivity contribution is 0.331. The van der Waals surface area contributed by atoms with Crippen molar-refractivity contribution in [3.05, 3.63) is 20.8 Å². The first kappa shape index (κ1) is 12.9. The van der Waals surface area contributed by atoms with Crippen LogP contribution in [0.1, 0.15) is 55.2 Å². The van der Waals surface area contributed by atoms with E-state index >= 15 is 0 Å². The summed E-state index contributed by atoms with van der Waals surface area (Å²) in [4.78, 5) is 1.30. The van der Waals surface area contributed by atoms with Gasteiger partial charge in [-0.15, -0.1) is 22.9 Å². The summed E-state index contributed by atoms with van der Waals surface area (Å²) in [5.41, 5.74) is 0. The molecule has 0 amide bonds. The van der Waals surface area contributed by atoms with Gasteiger partial charge >= 0.3 is 0 Å². The topological polar surface area (TPSA) is 0 Å². The van der Waals surface area contributed by atoms with Gasteiger partial charge < -0.3 is 0 Å². The van der Waals surface area contributed by atoms with E-state index in [0.717, 1.165) is 12.3 Å². The maximum absolute atomic E-state index is 6.45. The summed E-state index contributed by atoms with van der Waals surface area (Å²) in [6, 6.07) is 2.09. The highest BCUT2D eigenvalue weighted by atomic mass is 79.9. The summed E-state index contributed by atoms with van der Waals surface area (Å²) in [5, 5.41) is 2.31. The Bertz CT molecular complexity index is 317. The Labute approximate surface area is 116 Å². The van der Waals surface area contributed by atoms with Crippen LogP contribution in [-0.2, 0) is 0 Å². The van der Waals surface area contributed by atoms with Crippen molar-refractivity contribution < 1.29 is 0 Å². The highest BCUT2D eigenvalue weighted by Crippen LogP contribution is 2.38. The van der Waals surface area contributed by atoms with Gasteiger partial charge in [0.05, 0.1) is 5.38 Å². The van der Waals surface area contributed by atoms with Crippen LogP contribution in [0.25, 0.3) is 0 Å². The average Bonchev–Trinajstić information content (AvgIpc) is 2.74. The number of halogens is 2. The Morgan fingerprint density at radius 2 is 2.12 bits per heavy atom. The van der Waals surface area contributed by atoms with E-state index in [9.17, 15) is 0 Å². The lowest BCUT2D eigenvalue weighted by Gasteiger charge is -2.22. The van der Waals surface area contributed by atoms with Gasteiger partial charge in [0.2, 0.25) is 0 Å². The van der Waals surface area contributed by atoms with Crippen LogP contribution in [0.4, 0.5) is 0 Å². The smallest absolute Gasteiger partial charge is 0.0690 e. The summed E-state index contributed by atoms with van der Waals surface area (Å²) in [7, 11) is 0. The van der Waals surface area contributed by atoms with E-state index in [1.807, 2.05) is 0 Å². The first-order valence-electron chi connectivity index (χ1n) is 6.14. The van der Waals surface area contributed by atoms with Gasteiger partial charge in [0.25, 0.3) is 0 Å². The normalized spacial score (nSPS) is 19.9. The Morgan fingerprint density at radius 3 is 2.75 bits per heavy atom. The van der Waals surface area contributed by atoms with E-state index in [1.54, 1.807) is 11.3 Å². The molecule has 1 atom stereocenters. The van der Waals surface area contributed by atoms with Gasteiger partial charge in [0, 0.05) is 9.35 Å². The lowest BCUT2D eigenvalue weighted by Crippen LogP contribution is -2.06. The lowest BCUT2D eigenvalue weighted by atomic mass is 9.86. The third-order valence-corrected chi connectivity index (χ3v) is 6.03. The molecule has 1 saturated carbocycles. The molecule has 1 heterocycles. The van der Waals surface area contributed by atoms with Gasteiger partial charge in [-0.25, -0.2) is 0 Å². The van der Waals surface area contributed by atoms with E-state index in [0.29, 0.717) is 0 Å². The van der Waals surface area contributed by atoms with Crippen molar-refractivity contribution in [2.75, 3.05) is 0 Å². The van der Waals surface area contributed by atoms with Gasteiger partial charge in [-0.1, -0.05) is 32.1 Å². The molecule has 90 valence electrons. The third-order valence-electron chi connectivity index (χ3n) is 3.48. The van der Waals surface area contributed by atoms with E-state index < -0.39 is 0 Å². The monoisotopic (exact) mass is 320 g/mol. The number of alkyl halides is 1. The van der Waals surface area contributed by atoms with Gasteiger partial charge in [-0.2, -0.15) is 0 Å². The Kier molecular flexibility index (Phi) is 5.18. The standard InChI is InChI=1S/C13H18BrClS/c14-11-8-9-16-13(11)12(15)7-6-10-4-2-1-3-5-10/h8-10,12H,1-7H2. The first-order chi connectivity index (χ1) is 7.77. The predicted octanol–water partition coefficient (Wildman–Crippen LogP) is 6.15. The van der Waals surface area contributed by atoms with Gasteiger partial charge in [0.1, 0.15) is 0 Å². The maximum Gasteiger partial charge on any atom is 0.0690 e. The Hall–Kier alpha value is 0.470. The van der Waals surface area contributed by atoms with Crippen LogP contribution in [0.3, 0.4) is 0 Å². The first-order valence-corrected chi connectivity index (χ1v) is 8.25. The van der Waals surface area contributed by atoms with Crippen LogP contribution < -0.4 is 0 Å².